The predicted molar refractivity (Wildman–Crippen MR) is 91.4 cm³/mol. The zero-order valence-corrected chi connectivity index (χ0v) is 13.9. The maximum atomic E-state index is 12.9. The van der Waals surface area contributed by atoms with Crippen molar-refractivity contribution in [2.75, 3.05) is 6.54 Å². The molecule has 1 fully saturated rings. The molecule has 4 rings (SSSR count). The molecule has 5 heteroatoms. The average Bonchev–Trinajstić information content (AvgIpc) is 2.60. The highest BCUT2D eigenvalue weighted by Crippen LogP contribution is 2.28. The third-order valence-electron chi connectivity index (χ3n) is 4.78. The minimum atomic E-state index is -0.381. The van der Waals surface area contributed by atoms with Gasteiger partial charge in [0, 0.05) is 24.5 Å². The van der Waals surface area contributed by atoms with Crippen LogP contribution in [0.3, 0.4) is 0 Å². The lowest BCUT2D eigenvalue weighted by atomic mass is 9.91. The Balaban J connectivity index is 1.57. The Hall–Kier alpha value is -2.33. The average molecular weight is 341 g/mol. The molecule has 0 N–H and O–H groups in total. The van der Waals surface area contributed by atoms with Crippen LogP contribution in [-0.2, 0) is 29.1 Å². The lowest BCUT2D eigenvalue weighted by Gasteiger charge is -2.43. The topological polar surface area (TPSA) is 40.6 Å². The number of benzene rings is 2. The van der Waals surface area contributed by atoms with Gasteiger partial charge in [0.15, 0.2) is 0 Å². The van der Waals surface area contributed by atoms with Crippen LogP contribution < -0.4 is 0 Å². The number of carbonyl (C=O) groups is 2. The Kier molecular flexibility index (Phi) is 3.77. The first-order chi connectivity index (χ1) is 11.6. The molecule has 1 atom stereocenters. The van der Waals surface area contributed by atoms with E-state index in [2.05, 4.69) is 0 Å². The number of fused-ring (bicyclic) bond motifs is 2. The molecule has 2 aliphatic rings. The SMILES string of the molecule is O=C1[C@H]2Cc3ccccc3CN2C(=O)CN1Cc1ccc(Cl)cc1. The van der Waals surface area contributed by atoms with Crippen molar-refractivity contribution in [2.24, 2.45) is 0 Å². The van der Waals surface area contributed by atoms with Gasteiger partial charge in [-0.2, -0.15) is 0 Å². The highest BCUT2D eigenvalue weighted by Gasteiger charge is 2.41. The summed E-state index contributed by atoms with van der Waals surface area (Å²) in [6.07, 6.45) is 0.595. The van der Waals surface area contributed by atoms with Crippen molar-refractivity contribution in [3.05, 3.63) is 70.2 Å². The smallest absolute Gasteiger partial charge is 0.246 e. The lowest BCUT2D eigenvalue weighted by molar-refractivity contribution is -0.157. The van der Waals surface area contributed by atoms with Crippen LogP contribution in [0.2, 0.25) is 5.02 Å². The van der Waals surface area contributed by atoms with Crippen LogP contribution in [0.4, 0.5) is 0 Å². The normalized spacial score (nSPS) is 20.0. The van der Waals surface area contributed by atoms with E-state index in [0.717, 1.165) is 16.7 Å². The van der Waals surface area contributed by atoms with Crippen LogP contribution in [0.5, 0.6) is 0 Å². The lowest BCUT2D eigenvalue weighted by Crippen LogP contribution is -2.61. The van der Waals surface area contributed by atoms with Crippen LogP contribution in [0.15, 0.2) is 48.5 Å². The quantitative estimate of drug-likeness (QED) is 0.843. The van der Waals surface area contributed by atoms with Gasteiger partial charge in [0.05, 0.1) is 0 Å². The van der Waals surface area contributed by atoms with Gasteiger partial charge in [-0.15, -0.1) is 0 Å². The van der Waals surface area contributed by atoms with Crippen LogP contribution in [0.25, 0.3) is 0 Å². The summed E-state index contributed by atoms with van der Waals surface area (Å²) in [6.45, 7) is 1.11. The van der Waals surface area contributed by atoms with E-state index in [4.69, 9.17) is 11.6 Å². The molecular weight excluding hydrogens is 324 g/mol. The van der Waals surface area contributed by atoms with E-state index in [0.29, 0.717) is 24.5 Å². The van der Waals surface area contributed by atoms with E-state index in [9.17, 15) is 9.59 Å². The van der Waals surface area contributed by atoms with Crippen LogP contribution in [0, 0.1) is 0 Å². The van der Waals surface area contributed by atoms with Crippen molar-refractivity contribution in [3.63, 3.8) is 0 Å². The Morgan fingerprint density at radius 1 is 0.958 bits per heavy atom. The Bertz CT molecular complexity index is 803. The van der Waals surface area contributed by atoms with Crippen molar-refractivity contribution in [3.8, 4) is 0 Å². The Morgan fingerprint density at radius 2 is 1.67 bits per heavy atom. The number of piperazine rings is 1. The highest BCUT2D eigenvalue weighted by atomic mass is 35.5. The summed E-state index contributed by atoms with van der Waals surface area (Å²) < 4.78 is 0. The van der Waals surface area contributed by atoms with Gasteiger partial charge in [0.2, 0.25) is 11.8 Å². The van der Waals surface area contributed by atoms with E-state index in [1.165, 1.54) is 0 Å². The Labute approximate surface area is 145 Å². The number of carbonyl (C=O) groups excluding carboxylic acids is 2. The third-order valence-corrected chi connectivity index (χ3v) is 5.03. The summed E-state index contributed by atoms with van der Waals surface area (Å²) in [4.78, 5) is 28.8. The van der Waals surface area contributed by atoms with Gasteiger partial charge in [0.25, 0.3) is 0 Å². The third kappa shape index (κ3) is 2.67. The molecule has 2 aromatic carbocycles. The molecule has 0 bridgehead atoms. The first kappa shape index (κ1) is 15.2. The summed E-state index contributed by atoms with van der Waals surface area (Å²) >= 11 is 5.90. The van der Waals surface area contributed by atoms with E-state index >= 15 is 0 Å². The number of hydrogen-bond donors (Lipinski definition) is 0. The molecule has 0 spiro atoms. The molecule has 2 aromatic rings. The van der Waals surface area contributed by atoms with Crippen LogP contribution in [-0.4, -0.2) is 34.2 Å². The van der Waals surface area contributed by atoms with Gasteiger partial charge in [-0.25, -0.2) is 0 Å². The minimum Gasteiger partial charge on any atom is -0.327 e. The summed E-state index contributed by atoms with van der Waals surface area (Å²) in [6, 6.07) is 15.0. The fourth-order valence-electron chi connectivity index (χ4n) is 3.49. The second kappa shape index (κ2) is 5.95. The molecule has 4 nitrogen and oxygen atoms in total. The fraction of sp³-hybridized carbons (Fsp3) is 0.263. The van der Waals surface area contributed by atoms with Crippen LogP contribution in [0.1, 0.15) is 16.7 Å². The van der Waals surface area contributed by atoms with Crippen molar-refractivity contribution in [2.45, 2.75) is 25.6 Å². The minimum absolute atomic E-state index is 0.0167. The van der Waals surface area contributed by atoms with E-state index in [1.807, 2.05) is 36.4 Å². The molecule has 0 aliphatic carbocycles. The number of halogens is 1. The molecule has 2 amide bonds. The van der Waals surface area contributed by atoms with E-state index in [-0.39, 0.29) is 24.4 Å². The first-order valence-electron chi connectivity index (χ1n) is 8.01. The van der Waals surface area contributed by atoms with Crippen molar-refractivity contribution in [1.29, 1.82) is 0 Å². The molecule has 0 aromatic heterocycles. The molecule has 122 valence electrons. The molecule has 24 heavy (non-hydrogen) atoms. The van der Waals surface area contributed by atoms with Gasteiger partial charge in [0.1, 0.15) is 12.6 Å². The summed E-state index contributed by atoms with van der Waals surface area (Å²) in [5, 5.41) is 0.662. The fourth-order valence-corrected chi connectivity index (χ4v) is 3.62. The maximum Gasteiger partial charge on any atom is 0.246 e. The van der Waals surface area contributed by atoms with E-state index < -0.39 is 0 Å². The number of amides is 2. The van der Waals surface area contributed by atoms with Gasteiger partial charge in [-0.05, 0) is 28.8 Å². The van der Waals surface area contributed by atoms with Gasteiger partial charge >= 0.3 is 0 Å². The zero-order valence-electron chi connectivity index (χ0n) is 13.1. The summed E-state index contributed by atoms with van der Waals surface area (Å²) in [5.74, 6) is 0.0436. The monoisotopic (exact) mass is 340 g/mol. The van der Waals surface area contributed by atoms with Gasteiger partial charge in [-0.1, -0.05) is 48.0 Å². The largest absolute Gasteiger partial charge is 0.327 e. The number of nitrogens with zero attached hydrogens (tertiary/aromatic N) is 2. The zero-order chi connectivity index (χ0) is 16.7. The molecule has 1 saturated heterocycles. The van der Waals surface area contributed by atoms with E-state index in [1.54, 1.807) is 21.9 Å². The number of rotatable bonds is 2. The first-order valence-corrected chi connectivity index (χ1v) is 8.39. The summed E-state index contributed by atoms with van der Waals surface area (Å²) in [7, 11) is 0. The summed E-state index contributed by atoms with van der Waals surface area (Å²) in [5.41, 5.74) is 3.28. The van der Waals surface area contributed by atoms with Gasteiger partial charge in [-0.3, -0.25) is 9.59 Å². The molecule has 0 saturated carbocycles. The molecule has 2 heterocycles. The van der Waals surface area contributed by atoms with Crippen molar-refractivity contribution < 1.29 is 9.59 Å². The predicted octanol–water partition coefficient (Wildman–Crippen LogP) is 2.64. The van der Waals surface area contributed by atoms with Crippen LogP contribution >= 0.6 is 11.6 Å². The highest BCUT2D eigenvalue weighted by molar-refractivity contribution is 6.30. The second-order valence-electron chi connectivity index (χ2n) is 6.33. The number of hydrogen-bond acceptors (Lipinski definition) is 2. The maximum absolute atomic E-state index is 12.9. The van der Waals surface area contributed by atoms with Crippen molar-refractivity contribution in [1.82, 2.24) is 9.80 Å². The Morgan fingerprint density at radius 3 is 2.42 bits per heavy atom. The molecule has 0 radical (unpaired) electrons. The van der Waals surface area contributed by atoms with Crippen molar-refractivity contribution >= 4 is 23.4 Å². The second-order valence-corrected chi connectivity index (χ2v) is 6.77. The van der Waals surface area contributed by atoms with Gasteiger partial charge < -0.3 is 9.80 Å². The molecular formula is C19H17ClN2O2. The standard InChI is InChI=1S/C19H17ClN2O2/c20-16-7-5-13(6-8-16)10-21-12-18(23)22-11-15-4-2-1-3-14(15)9-17(22)19(21)24/h1-8,17H,9-12H2/t17-/m1/s1. The molecule has 2 aliphatic heterocycles. The molecule has 0 unspecified atom stereocenters.